The van der Waals surface area contributed by atoms with Crippen molar-refractivity contribution >= 4 is 11.2 Å². The van der Waals surface area contributed by atoms with E-state index in [4.69, 9.17) is 4.42 Å². The molecular formula is C11H15N3O. The van der Waals surface area contributed by atoms with Crippen LogP contribution < -0.4 is 5.32 Å². The highest BCUT2D eigenvalue weighted by Crippen LogP contribution is 2.21. The molecule has 4 nitrogen and oxygen atoms in total. The summed E-state index contributed by atoms with van der Waals surface area (Å²) in [5.41, 5.74) is 1.46. The number of hydrogen-bond acceptors (Lipinski definition) is 4. The Kier molecular flexibility index (Phi) is 2.97. The molecule has 15 heavy (non-hydrogen) atoms. The average Bonchev–Trinajstić information content (AvgIpc) is 2.69. The van der Waals surface area contributed by atoms with Crippen LogP contribution in [0, 0.1) is 0 Å². The van der Waals surface area contributed by atoms with E-state index in [2.05, 4.69) is 22.2 Å². The molecule has 2 heterocycles. The zero-order valence-corrected chi connectivity index (χ0v) is 9.03. The van der Waals surface area contributed by atoms with Gasteiger partial charge in [0, 0.05) is 18.7 Å². The molecule has 0 radical (unpaired) electrons. The first-order valence-electron chi connectivity index (χ1n) is 5.21. The van der Waals surface area contributed by atoms with Crippen LogP contribution in [0.4, 0.5) is 0 Å². The van der Waals surface area contributed by atoms with Crippen LogP contribution >= 0.6 is 0 Å². The van der Waals surface area contributed by atoms with Gasteiger partial charge in [-0.05, 0) is 25.6 Å². The molecule has 1 N–H and O–H groups in total. The predicted octanol–water partition coefficient (Wildman–Crippen LogP) is 1.94. The minimum atomic E-state index is 0.323. The maximum absolute atomic E-state index is 5.66. The molecule has 0 aromatic carbocycles. The topological polar surface area (TPSA) is 51.0 Å². The first-order valence-corrected chi connectivity index (χ1v) is 5.21. The lowest BCUT2D eigenvalue weighted by atomic mass is 10.1. The number of pyridine rings is 1. The lowest BCUT2D eigenvalue weighted by molar-refractivity contribution is 0.450. The Labute approximate surface area is 88.7 Å². The Morgan fingerprint density at radius 2 is 2.40 bits per heavy atom. The molecule has 0 bridgehead atoms. The maximum atomic E-state index is 5.66. The zero-order valence-electron chi connectivity index (χ0n) is 9.03. The average molecular weight is 205 g/mol. The summed E-state index contributed by atoms with van der Waals surface area (Å²) in [5, 5.41) is 3.14. The summed E-state index contributed by atoms with van der Waals surface area (Å²) in [4.78, 5) is 8.54. The van der Waals surface area contributed by atoms with Gasteiger partial charge in [0.15, 0.2) is 11.2 Å². The van der Waals surface area contributed by atoms with Crippen molar-refractivity contribution in [2.75, 3.05) is 13.6 Å². The van der Waals surface area contributed by atoms with Crippen molar-refractivity contribution in [1.29, 1.82) is 0 Å². The number of nitrogens with one attached hydrogen (secondary N) is 1. The molecule has 2 aromatic rings. The van der Waals surface area contributed by atoms with Gasteiger partial charge in [0.25, 0.3) is 0 Å². The van der Waals surface area contributed by atoms with Crippen molar-refractivity contribution in [2.45, 2.75) is 19.3 Å². The van der Waals surface area contributed by atoms with E-state index in [9.17, 15) is 0 Å². The third-order valence-corrected chi connectivity index (χ3v) is 2.47. The van der Waals surface area contributed by atoms with Crippen LogP contribution in [0.5, 0.6) is 0 Å². The van der Waals surface area contributed by atoms with E-state index in [1.165, 1.54) is 0 Å². The molecule has 1 atom stereocenters. The van der Waals surface area contributed by atoms with Crippen molar-refractivity contribution in [2.24, 2.45) is 0 Å². The Bertz CT molecular complexity index is 405. The fraction of sp³-hybridized carbons (Fsp3) is 0.455. The van der Waals surface area contributed by atoms with Gasteiger partial charge in [0.2, 0.25) is 5.89 Å². The van der Waals surface area contributed by atoms with E-state index in [0.717, 1.165) is 24.4 Å². The van der Waals surface area contributed by atoms with Crippen LogP contribution in [-0.2, 0) is 0 Å². The second kappa shape index (κ2) is 4.40. The number of aromatic nitrogens is 2. The normalized spacial score (nSPS) is 13.2. The van der Waals surface area contributed by atoms with Crippen LogP contribution in [0.3, 0.4) is 0 Å². The third-order valence-electron chi connectivity index (χ3n) is 2.47. The molecule has 2 aromatic heterocycles. The SMILES string of the molecule is CCC(CNC)c1nc2ncccc2o1. The first-order chi connectivity index (χ1) is 7.35. The molecule has 0 aliphatic rings. The van der Waals surface area contributed by atoms with Crippen molar-refractivity contribution in [3.8, 4) is 0 Å². The van der Waals surface area contributed by atoms with E-state index in [1.807, 2.05) is 19.2 Å². The Hall–Kier alpha value is -1.42. The predicted molar refractivity (Wildman–Crippen MR) is 58.8 cm³/mol. The van der Waals surface area contributed by atoms with E-state index in [1.54, 1.807) is 6.20 Å². The van der Waals surface area contributed by atoms with Crippen LogP contribution in [0.15, 0.2) is 22.7 Å². The molecule has 0 saturated carbocycles. The molecule has 0 amide bonds. The molecule has 2 rings (SSSR count). The van der Waals surface area contributed by atoms with Gasteiger partial charge in [-0.2, -0.15) is 4.98 Å². The molecule has 0 aliphatic heterocycles. The van der Waals surface area contributed by atoms with Crippen molar-refractivity contribution in [3.63, 3.8) is 0 Å². The van der Waals surface area contributed by atoms with Crippen LogP contribution in [0.25, 0.3) is 11.2 Å². The van der Waals surface area contributed by atoms with E-state index < -0.39 is 0 Å². The molecular weight excluding hydrogens is 190 g/mol. The van der Waals surface area contributed by atoms with E-state index in [-0.39, 0.29) is 0 Å². The molecule has 0 spiro atoms. The lowest BCUT2D eigenvalue weighted by Crippen LogP contribution is -2.16. The first kappa shape index (κ1) is 10.1. The van der Waals surface area contributed by atoms with Crippen molar-refractivity contribution < 1.29 is 4.42 Å². The summed E-state index contributed by atoms with van der Waals surface area (Å²) in [6, 6.07) is 3.75. The standard InChI is InChI=1S/C11H15N3O/c1-3-8(7-12-2)11-14-10-9(15-11)5-4-6-13-10/h4-6,8,12H,3,7H2,1-2H3. The van der Waals surface area contributed by atoms with Gasteiger partial charge in [-0.15, -0.1) is 0 Å². The fourth-order valence-electron chi connectivity index (χ4n) is 1.61. The Balaban J connectivity index is 2.34. The van der Waals surface area contributed by atoms with E-state index >= 15 is 0 Å². The zero-order chi connectivity index (χ0) is 10.7. The fourth-order valence-corrected chi connectivity index (χ4v) is 1.61. The van der Waals surface area contributed by atoms with Gasteiger partial charge in [-0.25, -0.2) is 4.98 Å². The van der Waals surface area contributed by atoms with Crippen LogP contribution in [0.2, 0.25) is 0 Å². The number of rotatable bonds is 4. The maximum Gasteiger partial charge on any atom is 0.201 e. The molecule has 80 valence electrons. The highest BCUT2D eigenvalue weighted by atomic mass is 16.3. The second-order valence-electron chi connectivity index (χ2n) is 3.54. The number of fused-ring (bicyclic) bond motifs is 1. The highest BCUT2D eigenvalue weighted by molar-refractivity contribution is 5.66. The van der Waals surface area contributed by atoms with Gasteiger partial charge < -0.3 is 9.73 Å². The van der Waals surface area contributed by atoms with Crippen molar-refractivity contribution in [1.82, 2.24) is 15.3 Å². The smallest absolute Gasteiger partial charge is 0.201 e. The van der Waals surface area contributed by atoms with Crippen LogP contribution in [-0.4, -0.2) is 23.6 Å². The number of likely N-dealkylation sites (N-methyl/N-ethyl adjacent to an activating group) is 1. The lowest BCUT2D eigenvalue weighted by Gasteiger charge is -2.08. The third kappa shape index (κ3) is 1.99. The summed E-state index contributed by atoms with van der Waals surface area (Å²) in [6.45, 7) is 3.01. The van der Waals surface area contributed by atoms with Gasteiger partial charge in [0.05, 0.1) is 0 Å². The summed E-state index contributed by atoms with van der Waals surface area (Å²) >= 11 is 0. The monoisotopic (exact) mass is 205 g/mol. The number of nitrogens with zero attached hydrogens (tertiary/aromatic N) is 2. The molecule has 0 aliphatic carbocycles. The van der Waals surface area contributed by atoms with Crippen LogP contribution in [0.1, 0.15) is 25.2 Å². The van der Waals surface area contributed by atoms with Gasteiger partial charge in [0.1, 0.15) is 0 Å². The van der Waals surface area contributed by atoms with Gasteiger partial charge in [-0.1, -0.05) is 6.92 Å². The van der Waals surface area contributed by atoms with E-state index in [0.29, 0.717) is 11.6 Å². The van der Waals surface area contributed by atoms with Crippen molar-refractivity contribution in [3.05, 3.63) is 24.2 Å². The Morgan fingerprint density at radius 1 is 1.53 bits per heavy atom. The summed E-state index contributed by atoms with van der Waals surface area (Å²) in [7, 11) is 1.93. The quantitative estimate of drug-likeness (QED) is 0.828. The largest absolute Gasteiger partial charge is 0.439 e. The second-order valence-corrected chi connectivity index (χ2v) is 3.54. The Morgan fingerprint density at radius 3 is 3.07 bits per heavy atom. The summed E-state index contributed by atoms with van der Waals surface area (Å²) < 4.78 is 5.66. The summed E-state index contributed by atoms with van der Waals surface area (Å²) in [6.07, 6.45) is 2.74. The number of hydrogen-bond donors (Lipinski definition) is 1. The molecule has 0 saturated heterocycles. The molecule has 1 unspecified atom stereocenters. The van der Waals surface area contributed by atoms with Gasteiger partial charge in [-0.3, -0.25) is 0 Å². The molecule has 0 fully saturated rings. The van der Waals surface area contributed by atoms with Gasteiger partial charge >= 0.3 is 0 Å². The minimum Gasteiger partial charge on any atom is -0.439 e. The molecule has 4 heteroatoms. The summed E-state index contributed by atoms with van der Waals surface area (Å²) in [5.74, 6) is 1.10. The minimum absolute atomic E-state index is 0.323. The number of oxazole rings is 1. The highest BCUT2D eigenvalue weighted by Gasteiger charge is 2.15.